The SMILES string of the molecule is CC(C)NC(=O)N1CCc2sccc2[C@@H]1c1ccc(Cl)cc1. The first-order chi connectivity index (χ1) is 10.6. The largest absolute Gasteiger partial charge is 0.336 e. The number of rotatable bonds is 2. The lowest BCUT2D eigenvalue weighted by molar-refractivity contribution is 0.178. The average Bonchev–Trinajstić information content (AvgIpc) is 2.95. The minimum Gasteiger partial charge on any atom is -0.336 e. The number of hydrogen-bond acceptors (Lipinski definition) is 2. The standard InChI is InChI=1S/C17H19ClN2OS/c1-11(2)19-17(21)20-9-7-15-14(8-10-22-15)16(20)12-3-5-13(18)6-4-12/h3-6,8,10-11,16H,7,9H2,1-2H3,(H,19,21)/t16-/m0/s1. The van der Waals surface area contributed by atoms with Crippen molar-refractivity contribution in [1.29, 1.82) is 0 Å². The lowest BCUT2D eigenvalue weighted by Crippen LogP contribution is -2.47. The highest BCUT2D eigenvalue weighted by molar-refractivity contribution is 7.10. The van der Waals surface area contributed by atoms with Crippen molar-refractivity contribution in [3.8, 4) is 0 Å². The molecule has 1 atom stereocenters. The molecule has 0 radical (unpaired) electrons. The van der Waals surface area contributed by atoms with Gasteiger partial charge in [0, 0.05) is 22.5 Å². The molecule has 2 amide bonds. The third-order valence-corrected chi connectivity index (χ3v) is 5.07. The fourth-order valence-electron chi connectivity index (χ4n) is 2.87. The van der Waals surface area contributed by atoms with Crippen LogP contribution < -0.4 is 5.32 Å². The van der Waals surface area contributed by atoms with Crippen molar-refractivity contribution in [3.63, 3.8) is 0 Å². The summed E-state index contributed by atoms with van der Waals surface area (Å²) in [5.41, 5.74) is 2.33. The molecule has 0 saturated heterocycles. The van der Waals surface area contributed by atoms with Gasteiger partial charge >= 0.3 is 6.03 Å². The molecule has 3 nitrogen and oxygen atoms in total. The van der Waals surface area contributed by atoms with Gasteiger partial charge in [0.25, 0.3) is 0 Å². The van der Waals surface area contributed by atoms with Crippen LogP contribution in [-0.2, 0) is 6.42 Å². The molecule has 3 rings (SSSR count). The fourth-order valence-corrected chi connectivity index (χ4v) is 3.90. The number of amides is 2. The summed E-state index contributed by atoms with van der Waals surface area (Å²) in [7, 11) is 0. The molecule has 2 aromatic rings. The molecular weight excluding hydrogens is 316 g/mol. The van der Waals surface area contributed by atoms with Gasteiger partial charge in [0.15, 0.2) is 0 Å². The molecule has 2 heterocycles. The zero-order chi connectivity index (χ0) is 15.7. The lowest BCUT2D eigenvalue weighted by Gasteiger charge is -2.36. The average molecular weight is 335 g/mol. The van der Waals surface area contributed by atoms with Crippen LogP contribution in [-0.4, -0.2) is 23.5 Å². The van der Waals surface area contributed by atoms with Crippen LogP contribution in [0.15, 0.2) is 35.7 Å². The molecule has 0 bridgehead atoms. The fraction of sp³-hybridized carbons (Fsp3) is 0.353. The van der Waals surface area contributed by atoms with E-state index in [1.165, 1.54) is 10.4 Å². The van der Waals surface area contributed by atoms with Crippen molar-refractivity contribution < 1.29 is 4.79 Å². The summed E-state index contributed by atoms with van der Waals surface area (Å²) < 4.78 is 0. The number of fused-ring (bicyclic) bond motifs is 1. The third-order valence-electron chi connectivity index (χ3n) is 3.82. The van der Waals surface area contributed by atoms with E-state index in [2.05, 4.69) is 16.8 Å². The number of halogens is 1. The minimum absolute atomic E-state index is 0.00759. The second kappa shape index (κ2) is 6.31. The van der Waals surface area contributed by atoms with E-state index in [1.807, 2.05) is 43.0 Å². The van der Waals surface area contributed by atoms with Gasteiger partial charge in [0.1, 0.15) is 0 Å². The van der Waals surface area contributed by atoms with Gasteiger partial charge < -0.3 is 10.2 Å². The second-order valence-electron chi connectivity index (χ2n) is 5.80. The molecule has 0 aliphatic carbocycles. The van der Waals surface area contributed by atoms with E-state index in [0.29, 0.717) is 5.02 Å². The Bertz CT molecular complexity index is 666. The number of benzene rings is 1. The summed E-state index contributed by atoms with van der Waals surface area (Å²) in [6, 6.07) is 10.0. The molecule has 0 spiro atoms. The Hall–Kier alpha value is -1.52. The summed E-state index contributed by atoms with van der Waals surface area (Å²) in [6.07, 6.45) is 0.919. The topological polar surface area (TPSA) is 32.3 Å². The van der Waals surface area contributed by atoms with E-state index in [4.69, 9.17) is 11.6 Å². The predicted octanol–water partition coefficient (Wildman–Crippen LogP) is 4.47. The van der Waals surface area contributed by atoms with Crippen LogP contribution in [0.3, 0.4) is 0 Å². The monoisotopic (exact) mass is 334 g/mol. The van der Waals surface area contributed by atoms with Gasteiger partial charge in [-0.15, -0.1) is 11.3 Å². The van der Waals surface area contributed by atoms with E-state index < -0.39 is 0 Å². The van der Waals surface area contributed by atoms with Crippen LogP contribution in [0.2, 0.25) is 5.02 Å². The van der Waals surface area contributed by atoms with E-state index in [0.717, 1.165) is 18.5 Å². The summed E-state index contributed by atoms with van der Waals surface area (Å²) in [5.74, 6) is 0. The number of urea groups is 1. The van der Waals surface area contributed by atoms with E-state index in [9.17, 15) is 4.79 Å². The van der Waals surface area contributed by atoms with Gasteiger partial charge in [-0.3, -0.25) is 0 Å². The molecule has 22 heavy (non-hydrogen) atoms. The van der Waals surface area contributed by atoms with Crippen LogP contribution in [0.5, 0.6) is 0 Å². The van der Waals surface area contributed by atoms with Gasteiger partial charge in [0.05, 0.1) is 6.04 Å². The summed E-state index contributed by atoms with van der Waals surface area (Å²) in [4.78, 5) is 15.9. The van der Waals surface area contributed by atoms with E-state index >= 15 is 0 Å². The van der Waals surface area contributed by atoms with Crippen LogP contribution in [0.25, 0.3) is 0 Å². The smallest absolute Gasteiger partial charge is 0.318 e. The van der Waals surface area contributed by atoms with E-state index in [-0.39, 0.29) is 18.1 Å². The number of nitrogens with zero attached hydrogens (tertiary/aromatic N) is 1. The maximum Gasteiger partial charge on any atom is 0.318 e. The highest BCUT2D eigenvalue weighted by atomic mass is 35.5. The third kappa shape index (κ3) is 2.99. The normalized spacial score (nSPS) is 17.5. The van der Waals surface area contributed by atoms with Crippen molar-refractivity contribution in [2.45, 2.75) is 32.4 Å². The molecule has 0 unspecified atom stereocenters. The highest BCUT2D eigenvalue weighted by Gasteiger charge is 2.32. The molecule has 0 fully saturated rings. The number of hydrogen-bond donors (Lipinski definition) is 1. The Balaban J connectivity index is 1.99. The molecule has 116 valence electrons. The quantitative estimate of drug-likeness (QED) is 0.863. The Labute approximate surface area is 139 Å². The van der Waals surface area contributed by atoms with Crippen molar-refractivity contribution in [2.24, 2.45) is 0 Å². The number of nitrogens with one attached hydrogen (secondary N) is 1. The first kappa shape index (κ1) is 15.4. The second-order valence-corrected chi connectivity index (χ2v) is 7.24. The van der Waals surface area contributed by atoms with Gasteiger partial charge in [0.2, 0.25) is 0 Å². The first-order valence-corrected chi connectivity index (χ1v) is 8.71. The Morgan fingerprint density at radius 2 is 2.05 bits per heavy atom. The molecule has 1 aliphatic heterocycles. The Morgan fingerprint density at radius 1 is 1.32 bits per heavy atom. The van der Waals surface area contributed by atoms with Crippen LogP contribution >= 0.6 is 22.9 Å². The van der Waals surface area contributed by atoms with Crippen molar-refractivity contribution >= 4 is 29.0 Å². The molecule has 1 aromatic carbocycles. The Morgan fingerprint density at radius 3 is 2.73 bits per heavy atom. The highest BCUT2D eigenvalue weighted by Crippen LogP contribution is 2.38. The zero-order valence-electron chi connectivity index (χ0n) is 12.7. The van der Waals surface area contributed by atoms with Gasteiger partial charge in [-0.2, -0.15) is 0 Å². The van der Waals surface area contributed by atoms with Crippen molar-refractivity contribution in [3.05, 3.63) is 56.7 Å². The predicted molar refractivity (Wildman–Crippen MR) is 91.7 cm³/mol. The maximum absolute atomic E-state index is 12.6. The molecule has 1 aromatic heterocycles. The van der Waals surface area contributed by atoms with Gasteiger partial charge in [-0.1, -0.05) is 23.7 Å². The molecule has 0 saturated carbocycles. The molecule has 5 heteroatoms. The van der Waals surface area contributed by atoms with Gasteiger partial charge in [-0.05, 0) is 55.0 Å². The van der Waals surface area contributed by atoms with Crippen molar-refractivity contribution in [2.75, 3.05) is 6.54 Å². The number of carbonyl (C=O) groups excluding carboxylic acids is 1. The number of thiophene rings is 1. The zero-order valence-corrected chi connectivity index (χ0v) is 14.2. The first-order valence-electron chi connectivity index (χ1n) is 7.45. The Kier molecular flexibility index (Phi) is 4.41. The number of carbonyl (C=O) groups is 1. The van der Waals surface area contributed by atoms with E-state index in [1.54, 1.807) is 11.3 Å². The summed E-state index contributed by atoms with van der Waals surface area (Å²) in [5, 5.41) is 5.83. The summed E-state index contributed by atoms with van der Waals surface area (Å²) >= 11 is 7.78. The van der Waals surface area contributed by atoms with Crippen LogP contribution in [0.1, 0.15) is 35.9 Å². The molecule has 1 aliphatic rings. The molecule has 1 N–H and O–H groups in total. The minimum atomic E-state index is -0.0361. The van der Waals surface area contributed by atoms with Crippen LogP contribution in [0, 0.1) is 0 Å². The van der Waals surface area contributed by atoms with Gasteiger partial charge in [-0.25, -0.2) is 4.79 Å². The maximum atomic E-state index is 12.6. The molecular formula is C17H19ClN2OS. The van der Waals surface area contributed by atoms with Crippen molar-refractivity contribution in [1.82, 2.24) is 10.2 Å². The van der Waals surface area contributed by atoms with Crippen LogP contribution in [0.4, 0.5) is 4.79 Å². The summed E-state index contributed by atoms with van der Waals surface area (Å²) in [6.45, 7) is 4.70. The lowest BCUT2D eigenvalue weighted by atomic mass is 9.93.